The Labute approximate surface area is 143 Å². The summed E-state index contributed by atoms with van der Waals surface area (Å²) in [6.45, 7) is 1.57. The molecule has 0 aromatic carbocycles. The predicted molar refractivity (Wildman–Crippen MR) is 90.3 cm³/mol. The van der Waals surface area contributed by atoms with Crippen LogP contribution in [0.1, 0.15) is 12.1 Å². The van der Waals surface area contributed by atoms with Crippen LogP contribution in [0.2, 0.25) is 5.02 Å². The quantitative estimate of drug-likeness (QED) is 0.815. The van der Waals surface area contributed by atoms with Crippen molar-refractivity contribution in [3.63, 3.8) is 0 Å². The van der Waals surface area contributed by atoms with Gasteiger partial charge in [0, 0.05) is 32.2 Å². The summed E-state index contributed by atoms with van der Waals surface area (Å²) in [4.78, 5) is 20.6. The lowest BCUT2D eigenvalue weighted by atomic mass is 9.86. The third-order valence-corrected chi connectivity index (χ3v) is 5.11. The van der Waals surface area contributed by atoms with Crippen molar-refractivity contribution in [3.8, 4) is 6.07 Å². The van der Waals surface area contributed by atoms with E-state index in [1.165, 1.54) is 4.68 Å². The molecule has 5 rings (SSSR count). The molecule has 122 valence electrons. The molecule has 0 spiro atoms. The van der Waals surface area contributed by atoms with Crippen LogP contribution in [-0.4, -0.2) is 39.9 Å². The first-order chi connectivity index (χ1) is 11.6. The fraction of sp³-hybridized carbons (Fsp3) is 0.375. The molecule has 0 N–H and O–H groups in total. The van der Waals surface area contributed by atoms with Gasteiger partial charge in [-0.05, 0) is 18.6 Å². The Bertz CT molecular complexity index is 875. The number of nitrogens with zero attached hydrogens (tertiary/aromatic N) is 6. The van der Waals surface area contributed by atoms with Crippen LogP contribution in [0.4, 0.5) is 11.4 Å². The maximum atomic E-state index is 12.0. The standard InChI is InChI=1S/C16H15ClN6O/c1-21-16(24)15(17)14(7-20-21)22-8-12-4-13(9-22)23(12)11-3-2-10(5-18)19-6-11/h2-3,6-7,12-13H,4,8-9H2,1H3. The van der Waals surface area contributed by atoms with E-state index < -0.39 is 0 Å². The Hall–Kier alpha value is -2.59. The number of pyridine rings is 1. The molecule has 24 heavy (non-hydrogen) atoms. The van der Waals surface area contributed by atoms with Crippen molar-refractivity contribution in [2.24, 2.45) is 7.05 Å². The first-order valence-electron chi connectivity index (χ1n) is 7.69. The number of hydrogen-bond donors (Lipinski definition) is 0. The molecule has 3 saturated heterocycles. The lowest BCUT2D eigenvalue weighted by molar-refractivity contribution is 0.291. The van der Waals surface area contributed by atoms with Gasteiger partial charge in [-0.1, -0.05) is 11.6 Å². The zero-order valence-corrected chi connectivity index (χ0v) is 13.8. The minimum atomic E-state index is -0.276. The van der Waals surface area contributed by atoms with Gasteiger partial charge >= 0.3 is 0 Å². The topological polar surface area (TPSA) is 78.1 Å². The number of piperidine rings is 1. The monoisotopic (exact) mass is 342 g/mol. The molecule has 3 aliphatic heterocycles. The predicted octanol–water partition coefficient (Wildman–Crippen LogP) is 1.17. The van der Waals surface area contributed by atoms with Gasteiger partial charge in [0.1, 0.15) is 16.8 Å². The third kappa shape index (κ3) is 2.22. The van der Waals surface area contributed by atoms with Gasteiger partial charge in [-0.15, -0.1) is 0 Å². The van der Waals surface area contributed by atoms with Gasteiger partial charge in [0.25, 0.3) is 5.56 Å². The molecular weight excluding hydrogens is 328 g/mol. The molecule has 3 aliphatic rings. The number of nitriles is 1. The van der Waals surface area contributed by atoms with Crippen molar-refractivity contribution < 1.29 is 0 Å². The number of aryl methyl sites for hydroxylation is 1. The molecule has 0 amide bonds. The van der Waals surface area contributed by atoms with Crippen LogP contribution in [-0.2, 0) is 7.05 Å². The molecular formula is C16H15ClN6O. The summed E-state index contributed by atoms with van der Waals surface area (Å²) in [5, 5.41) is 13.1. The highest BCUT2D eigenvalue weighted by atomic mass is 35.5. The van der Waals surface area contributed by atoms with Gasteiger partial charge in [-0.25, -0.2) is 9.67 Å². The molecule has 7 nitrogen and oxygen atoms in total. The van der Waals surface area contributed by atoms with E-state index in [4.69, 9.17) is 16.9 Å². The summed E-state index contributed by atoms with van der Waals surface area (Å²) in [6, 6.07) is 6.40. The number of rotatable bonds is 2. The number of anilines is 2. The maximum absolute atomic E-state index is 12.0. The average molecular weight is 343 g/mol. The normalized spacial score (nSPS) is 22.0. The van der Waals surface area contributed by atoms with E-state index in [9.17, 15) is 4.79 Å². The van der Waals surface area contributed by atoms with Crippen molar-refractivity contribution in [1.29, 1.82) is 5.26 Å². The highest BCUT2D eigenvalue weighted by Crippen LogP contribution is 2.39. The second-order valence-electron chi connectivity index (χ2n) is 6.14. The van der Waals surface area contributed by atoms with Crippen LogP contribution >= 0.6 is 11.6 Å². The number of fused-ring (bicyclic) bond motifs is 2. The smallest absolute Gasteiger partial charge is 0.287 e. The van der Waals surface area contributed by atoms with Crippen molar-refractivity contribution in [3.05, 3.63) is 45.6 Å². The van der Waals surface area contributed by atoms with E-state index in [-0.39, 0.29) is 10.6 Å². The second-order valence-corrected chi connectivity index (χ2v) is 6.52. The van der Waals surface area contributed by atoms with Crippen LogP contribution < -0.4 is 15.4 Å². The average Bonchev–Trinajstić information content (AvgIpc) is 2.60. The van der Waals surface area contributed by atoms with E-state index in [1.54, 1.807) is 25.5 Å². The highest BCUT2D eigenvalue weighted by Gasteiger charge is 2.45. The number of hydrogen-bond acceptors (Lipinski definition) is 6. The molecule has 2 unspecified atom stereocenters. The summed E-state index contributed by atoms with van der Waals surface area (Å²) in [6.07, 6.45) is 4.51. The molecule has 2 atom stereocenters. The van der Waals surface area contributed by atoms with Gasteiger partial charge in [0.2, 0.25) is 0 Å². The zero-order chi connectivity index (χ0) is 16.8. The Kier molecular flexibility index (Phi) is 3.43. The van der Waals surface area contributed by atoms with Gasteiger partial charge in [0.05, 0.1) is 23.8 Å². The SMILES string of the molecule is Cn1ncc(N2CC3CC(C2)N3c2ccc(C#N)nc2)c(Cl)c1=O. The van der Waals surface area contributed by atoms with Crippen LogP contribution in [0.15, 0.2) is 29.3 Å². The number of piperazine rings is 1. The van der Waals surface area contributed by atoms with Crippen LogP contribution in [0, 0.1) is 11.3 Å². The van der Waals surface area contributed by atoms with Crippen molar-refractivity contribution in [2.75, 3.05) is 22.9 Å². The Morgan fingerprint density at radius 3 is 2.67 bits per heavy atom. The van der Waals surface area contributed by atoms with Gasteiger partial charge in [0.15, 0.2) is 0 Å². The van der Waals surface area contributed by atoms with Crippen molar-refractivity contribution in [2.45, 2.75) is 18.5 Å². The minimum Gasteiger partial charge on any atom is -0.365 e. The zero-order valence-electron chi connectivity index (χ0n) is 13.1. The number of halogens is 1. The molecule has 2 aromatic rings. The Morgan fingerprint density at radius 2 is 2.04 bits per heavy atom. The van der Waals surface area contributed by atoms with Gasteiger partial charge in [-0.3, -0.25) is 4.79 Å². The van der Waals surface area contributed by atoms with E-state index in [1.807, 2.05) is 12.1 Å². The number of aromatic nitrogens is 3. The minimum absolute atomic E-state index is 0.223. The second kappa shape index (κ2) is 5.49. The van der Waals surface area contributed by atoms with E-state index in [2.05, 4.69) is 19.9 Å². The molecule has 5 heterocycles. The molecule has 2 bridgehead atoms. The first kappa shape index (κ1) is 15.0. The van der Waals surface area contributed by atoms with E-state index in [0.29, 0.717) is 23.5 Å². The van der Waals surface area contributed by atoms with Crippen LogP contribution in [0.5, 0.6) is 0 Å². The lowest BCUT2D eigenvalue weighted by Crippen LogP contribution is -2.69. The van der Waals surface area contributed by atoms with E-state index >= 15 is 0 Å². The Balaban J connectivity index is 1.55. The highest BCUT2D eigenvalue weighted by molar-refractivity contribution is 6.33. The molecule has 2 aromatic heterocycles. The largest absolute Gasteiger partial charge is 0.365 e. The molecule has 0 radical (unpaired) electrons. The molecule has 3 fully saturated rings. The fourth-order valence-corrected chi connectivity index (χ4v) is 3.85. The van der Waals surface area contributed by atoms with Gasteiger partial charge < -0.3 is 9.80 Å². The Morgan fingerprint density at radius 1 is 1.29 bits per heavy atom. The van der Waals surface area contributed by atoms with Crippen LogP contribution in [0.25, 0.3) is 0 Å². The first-order valence-corrected chi connectivity index (χ1v) is 8.07. The molecule has 0 saturated carbocycles. The van der Waals surface area contributed by atoms with Crippen molar-refractivity contribution >= 4 is 23.0 Å². The molecule has 8 heteroatoms. The third-order valence-electron chi connectivity index (χ3n) is 4.75. The summed E-state index contributed by atoms with van der Waals surface area (Å²) in [7, 11) is 1.59. The summed E-state index contributed by atoms with van der Waals surface area (Å²) < 4.78 is 1.24. The van der Waals surface area contributed by atoms with Crippen molar-refractivity contribution in [1.82, 2.24) is 14.8 Å². The van der Waals surface area contributed by atoms with Crippen LogP contribution in [0.3, 0.4) is 0 Å². The fourth-order valence-electron chi connectivity index (χ4n) is 3.56. The lowest BCUT2D eigenvalue weighted by Gasteiger charge is -2.58. The van der Waals surface area contributed by atoms with Gasteiger partial charge in [-0.2, -0.15) is 10.4 Å². The van der Waals surface area contributed by atoms with E-state index in [0.717, 1.165) is 25.2 Å². The maximum Gasteiger partial charge on any atom is 0.287 e. The summed E-state index contributed by atoms with van der Waals surface area (Å²) in [5.41, 5.74) is 1.88. The summed E-state index contributed by atoms with van der Waals surface area (Å²) >= 11 is 6.21. The molecule has 0 aliphatic carbocycles. The summed E-state index contributed by atoms with van der Waals surface area (Å²) in [5.74, 6) is 0.